The van der Waals surface area contributed by atoms with E-state index in [4.69, 9.17) is 0 Å². The molecule has 1 rings (SSSR count). The fraction of sp³-hybridized carbons (Fsp3) is 0.625. The Morgan fingerprint density at radius 3 is 3.00 bits per heavy atom. The molecule has 0 fully saturated rings. The summed E-state index contributed by atoms with van der Waals surface area (Å²) in [6.45, 7) is 1.26. The average Bonchev–Trinajstić information content (AvgIpc) is 2.63. The van der Waals surface area contributed by atoms with E-state index in [1.54, 1.807) is 11.7 Å². The van der Waals surface area contributed by atoms with Gasteiger partial charge in [0.1, 0.15) is 0 Å². The molecule has 2 N–H and O–H groups in total. The van der Waals surface area contributed by atoms with E-state index in [1.807, 2.05) is 13.2 Å². The number of aryl methyl sites for hydroxylation is 1. The van der Waals surface area contributed by atoms with Crippen LogP contribution in [0.2, 0.25) is 0 Å². The Labute approximate surface area is 82.7 Å². The third-order valence-corrected chi connectivity index (χ3v) is 1.79. The maximum Gasteiger partial charge on any atom is 0.221 e. The van der Waals surface area contributed by atoms with Gasteiger partial charge in [-0.05, 0) is 7.05 Å². The van der Waals surface area contributed by atoms with E-state index >= 15 is 0 Å². The first-order chi connectivity index (χ1) is 6.76. The molecule has 14 heavy (non-hydrogen) atoms. The van der Waals surface area contributed by atoms with Crippen molar-refractivity contribution < 1.29 is 4.79 Å². The molecule has 1 aromatic heterocycles. The van der Waals surface area contributed by atoms with Crippen molar-refractivity contribution in [2.24, 2.45) is 0 Å². The third-order valence-electron chi connectivity index (χ3n) is 1.79. The van der Waals surface area contributed by atoms with Gasteiger partial charge in [-0.3, -0.25) is 9.48 Å². The molecule has 1 amide bonds. The summed E-state index contributed by atoms with van der Waals surface area (Å²) in [7, 11) is 3.47. The SMILES string of the molecule is CNCc1cn(CCC(=O)NC)nn1. The standard InChI is InChI=1S/C8H15N5O/c1-9-5-7-6-13(12-11-7)4-3-8(14)10-2/h6,9H,3-5H2,1-2H3,(H,10,14). The van der Waals surface area contributed by atoms with Crippen molar-refractivity contribution >= 4 is 5.91 Å². The average molecular weight is 197 g/mol. The fourth-order valence-electron chi connectivity index (χ4n) is 1.05. The van der Waals surface area contributed by atoms with Gasteiger partial charge >= 0.3 is 0 Å². The Bertz CT molecular complexity index is 296. The zero-order chi connectivity index (χ0) is 10.4. The molecule has 0 saturated carbocycles. The number of nitrogens with one attached hydrogen (secondary N) is 2. The van der Waals surface area contributed by atoms with Crippen molar-refractivity contribution in [2.45, 2.75) is 19.5 Å². The second-order valence-electron chi connectivity index (χ2n) is 2.93. The highest BCUT2D eigenvalue weighted by Crippen LogP contribution is 1.93. The highest BCUT2D eigenvalue weighted by molar-refractivity contribution is 5.75. The van der Waals surface area contributed by atoms with Crippen LogP contribution in [0.15, 0.2) is 6.20 Å². The molecule has 0 aromatic carbocycles. The summed E-state index contributed by atoms with van der Waals surface area (Å²) >= 11 is 0. The van der Waals surface area contributed by atoms with Crippen LogP contribution >= 0.6 is 0 Å². The number of aromatic nitrogens is 3. The Morgan fingerprint density at radius 1 is 1.57 bits per heavy atom. The van der Waals surface area contributed by atoms with Gasteiger partial charge < -0.3 is 10.6 Å². The van der Waals surface area contributed by atoms with Crippen LogP contribution < -0.4 is 10.6 Å². The summed E-state index contributed by atoms with van der Waals surface area (Å²) in [6.07, 6.45) is 2.26. The van der Waals surface area contributed by atoms with E-state index in [-0.39, 0.29) is 5.91 Å². The molecule has 0 radical (unpaired) electrons. The molecular weight excluding hydrogens is 182 g/mol. The predicted octanol–water partition coefficient (Wildman–Crippen LogP) is -0.866. The van der Waals surface area contributed by atoms with Crippen molar-refractivity contribution in [3.05, 3.63) is 11.9 Å². The highest BCUT2D eigenvalue weighted by atomic mass is 16.1. The zero-order valence-corrected chi connectivity index (χ0v) is 8.45. The second kappa shape index (κ2) is 5.33. The van der Waals surface area contributed by atoms with Gasteiger partial charge in [0.25, 0.3) is 0 Å². The minimum atomic E-state index is 0.00988. The Kier molecular flexibility index (Phi) is 4.06. The third kappa shape index (κ3) is 3.14. The van der Waals surface area contributed by atoms with Gasteiger partial charge in [-0.25, -0.2) is 0 Å². The topological polar surface area (TPSA) is 71.8 Å². The van der Waals surface area contributed by atoms with Crippen molar-refractivity contribution in [3.8, 4) is 0 Å². The number of nitrogens with zero attached hydrogens (tertiary/aromatic N) is 3. The summed E-state index contributed by atoms with van der Waals surface area (Å²) in [4.78, 5) is 10.9. The van der Waals surface area contributed by atoms with E-state index in [2.05, 4.69) is 20.9 Å². The van der Waals surface area contributed by atoms with Gasteiger partial charge in [-0.15, -0.1) is 5.10 Å². The Morgan fingerprint density at radius 2 is 2.36 bits per heavy atom. The molecule has 1 heterocycles. The van der Waals surface area contributed by atoms with Gasteiger partial charge in [0.05, 0.1) is 12.2 Å². The number of amides is 1. The molecule has 0 saturated heterocycles. The van der Waals surface area contributed by atoms with Gasteiger partial charge in [0.15, 0.2) is 0 Å². The van der Waals surface area contributed by atoms with Crippen LogP contribution in [0.25, 0.3) is 0 Å². The van der Waals surface area contributed by atoms with E-state index in [0.29, 0.717) is 19.5 Å². The lowest BCUT2D eigenvalue weighted by molar-refractivity contribution is -0.120. The van der Waals surface area contributed by atoms with E-state index in [1.165, 1.54) is 0 Å². The van der Waals surface area contributed by atoms with Crippen LogP contribution in [0.1, 0.15) is 12.1 Å². The number of carbonyl (C=O) groups excluding carboxylic acids is 1. The van der Waals surface area contributed by atoms with Gasteiger partial charge in [0.2, 0.25) is 5.91 Å². The van der Waals surface area contributed by atoms with E-state index < -0.39 is 0 Å². The lowest BCUT2D eigenvalue weighted by Crippen LogP contribution is -2.19. The van der Waals surface area contributed by atoms with Crippen molar-refractivity contribution in [1.82, 2.24) is 25.6 Å². The summed E-state index contributed by atoms with van der Waals surface area (Å²) in [6, 6.07) is 0. The van der Waals surface area contributed by atoms with Crippen LogP contribution in [-0.2, 0) is 17.9 Å². The molecule has 78 valence electrons. The number of carbonyl (C=O) groups is 1. The Balaban J connectivity index is 2.39. The van der Waals surface area contributed by atoms with Crippen molar-refractivity contribution in [3.63, 3.8) is 0 Å². The normalized spacial score (nSPS) is 10.1. The summed E-state index contributed by atoms with van der Waals surface area (Å²) in [5, 5.41) is 13.3. The monoisotopic (exact) mass is 197 g/mol. The van der Waals surface area contributed by atoms with Crippen molar-refractivity contribution in [1.29, 1.82) is 0 Å². The van der Waals surface area contributed by atoms with Crippen molar-refractivity contribution in [2.75, 3.05) is 14.1 Å². The lowest BCUT2D eigenvalue weighted by Gasteiger charge is -1.98. The first-order valence-corrected chi connectivity index (χ1v) is 4.50. The van der Waals surface area contributed by atoms with Crippen LogP contribution in [0.3, 0.4) is 0 Å². The maximum absolute atomic E-state index is 10.9. The van der Waals surface area contributed by atoms with Gasteiger partial charge in [0, 0.05) is 26.2 Å². The molecule has 0 atom stereocenters. The molecule has 6 nitrogen and oxygen atoms in total. The number of rotatable bonds is 5. The zero-order valence-electron chi connectivity index (χ0n) is 8.45. The molecule has 0 spiro atoms. The summed E-state index contributed by atoms with van der Waals surface area (Å²) < 4.78 is 1.67. The second-order valence-corrected chi connectivity index (χ2v) is 2.93. The number of hydrogen-bond donors (Lipinski definition) is 2. The molecule has 0 aliphatic rings. The minimum absolute atomic E-state index is 0.00988. The van der Waals surface area contributed by atoms with Gasteiger partial charge in [-0.1, -0.05) is 5.21 Å². The first-order valence-electron chi connectivity index (χ1n) is 4.50. The molecular formula is C8H15N5O. The molecule has 0 aliphatic carbocycles. The fourth-order valence-corrected chi connectivity index (χ4v) is 1.05. The highest BCUT2D eigenvalue weighted by Gasteiger charge is 2.01. The van der Waals surface area contributed by atoms with E-state index in [9.17, 15) is 4.79 Å². The quantitative estimate of drug-likeness (QED) is 0.644. The van der Waals surface area contributed by atoms with Gasteiger partial charge in [-0.2, -0.15) is 0 Å². The van der Waals surface area contributed by atoms with Crippen LogP contribution in [0.5, 0.6) is 0 Å². The van der Waals surface area contributed by atoms with Crippen LogP contribution in [-0.4, -0.2) is 35.0 Å². The largest absolute Gasteiger partial charge is 0.359 e. The summed E-state index contributed by atoms with van der Waals surface area (Å²) in [5.74, 6) is 0.00988. The summed E-state index contributed by atoms with van der Waals surface area (Å²) in [5.41, 5.74) is 0.879. The van der Waals surface area contributed by atoms with Crippen LogP contribution in [0, 0.1) is 0 Å². The van der Waals surface area contributed by atoms with Crippen LogP contribution in [0.4, 0.5) is 0 Å². The smallest absolute Gasteiger partial charge is 0.221 e. The molecule has 0 bridgehead atoms. The maximum atomic E-state index is 10.9. The molecule has 6 heteroatoms. The lowest BCUT2D eigenvalue weighted by atomic mass is 10.4. The Hall–Kier alpha value is -1.43. The molecule has 0 unspecified atom stereocenters. The van der Waals surface area contributed by atoms with E-state index in [0.717, 1.165) is 5.69 Å². The number of hydrogen-bond acceptors (Lipinski definition) is 4. The molecule has 0 aliphatic heterocycles. The first kappa shape index (κ1) is 10.6. The molecule has 1 aromatic rings. The predicted molar refractivity (Wildman–Crippen MR) is 51.5 cm³/mol. The minimum Gasteiger partial charge on any atom is -0.359 e.